The van der Waals surface area contributed by atoms with Crippen molar-refractivity contribution in [3.05, 3.63) is 17.6 Å². The molecule has 1 aromatic rings. The van der Waals surface area contributed by atoms with Crippen LogP contribution in [0.15, 0.2) is 6.07 Å². The molecular weight excluding hydrogens is 198 g/mol. The fraction of sp³-hybridized carbons (Fsp3) is 0.692. The number of nitrogens with zero attached hydrogens (tertiary/aromatic N) is 2. The monoisotopic (exact) mass is 221 g/mol. The maximum Gasteiger partial charge on any atom is 0.131 e. The number of anilines is 1. The lowest BCUT2D eigenvalue weighted by Crippen LogP contribution is -2.06. The Labute approximate surface area is 98.7 Å². The predicted octanol–water partition coefficient (Wildman–Crippen LogP) is 3.23. The van der Waals surface area contributed by atoms with Gasteiger partial charge in [0.15, 0.2) is 0 Å². The molecule has 1 heterocycles. The molecule has 90 valence electrons. The van der Waals surface area contributed by atoms with Crippen LogP contribution in [0.2, 0.25) is 0 Å². The van der Waals surface area contributed by atoms with Crippen molar-refractivity contribution in [2.24, 2.45) is 5.92 Å². The van der Waals surface area contributed by atoms with Gasteiger partial charge in [0.25, 0.3) is 0 Å². The molecule has 0 aliphatic heterocycles. The van der Waals surface area contributed by atoms with Crippen LogP contribution in [0.5, 0.6) is 0 Å². The largest absolute Gasteiger partial charge is 0.373 e. The summed E-state index contributed by atoms with van der Waals surface area (Å²) in [5.41, 5.74) is 1.12. The van der Waals surface area contributed by atoms with Crippen molar-refractivity contribution in [3.8, 4) is 0 Å². The molecule has 3 heteroatoms. The molecular formula is C13H23N3. The van der Waals surface area contributed by atoms with E-state index in [1.54, 1.807) is 0 Å². The van der Waals surface area contributed by atoms with E-state index in [2.05, 4.69) is 43.0 Å². The first kappa shape index (κ1) is 12.9. The molecule has 0 aliphatic rings. The Morgan fingerprint density at radius 2 is 1.88 bits per heavy atom. The molecule has 0 atom stereocenters. The number of rotatable bonds is 5. The first-order valence-electron chi connectivity index (χ1n) is 6.08. The number of aryl methyl sites for hydroxylation is 1. The Kier molecular flexibility index (Phi) is 4.71. The summed E-state index contributed by atoms with van der Waals surface area (Å²) in [5, 5.41) is 3.10. The average Bonchev–Trinajstić information content (AvgIpc) is 2.25. The zero-order valence-electron chi connectivity index (χ0n) is 11.0. The summed E-state index contributed by atoms with van der Waals surface area (Å²) < 4.78 is 0. The topological polar surface area (TPSA) is 37.8 Å². The van der Waals surface area contributed by atoms with E-state index in [0.717, 1.165) is 30.2 Å². The Balaban J connectivity index is 2.86. The molecule has 1 aromatic heterocycles. The van der Waals surface area contributed by atoms with Gasteiger partial charge in [-0.25, -0.2) is 9.97 Å². The van der Waals surface area contributed by atoms with Gasteiger partial charge < -0.3 is 5.32 Å². The van der Waals surface area contributed by atoms with Crippen molar-refractivity contribution in [3.63, 3.8) is 0 Å². The zero-order valence-corrected chi connectivity index (χ0v) is 11.0. The lowest BCUT2D eigenvalue weighted by atomic mass is 10.1. The van der Waals surface area contributed by atoms with E-state index in [9.17, 15) is 0 Å². The number of hydrogen-bond acceptors (Lipinski definition) is 3. The van der Waals surface area contributed by atoms with Crippen LogP contribution < -0.4 is 5.32 Å². The van der Waals surface area contributed by atoms with Crippen LogP contribution in [0, 0.1) is 5.92 Å². The lowest BCUT2D eigenvalue weighted by molar-refractivity contribution is 0.572. The Hall–Kier alpha value is -1.12. The van der Waals surface area contributed by atoms with Gasteiger partial charge in [0.2, 0.25) is 0 Å². The second kappa shape index (κ2) is 5.83. The van der Waals surface area contributed by atoms with Crippen molar-refractivity contribution < 1.29 is 0 Å². The van der Waals surface area contributed by atoms with Crippen LogP contribution >= 0.6 is 0 Å². The maximum absolute atomic E-state index is 4.60. The van der Waals surface area contributed by atoms with Crippen molar-refractivity contribution >= 4 is 5.82 Å². The van der Waals surface area contributed by atoms with Crippen LogP contribution in [-0.4, -0.2) is 17.0 Å². The van der Waals surface area contributed by atoms with E-state index in [4.69, 9.17) is 0 Å². The van der Waals surface area contributed by atoms with Crippen LogP contribution in [-0.2, 0) is 6.42 Å². The van der Waals surface area contributed by atoms with E-state index in [-0.39, 0.29) is 0 Å². The maximum atomic E-state index is 4.60. The third-order valence-electron chi connectivity index (χ3n) is 2.59. The quantitative estimate of drug-likeness (QED) is 0.829. The minimum Gasteiger partial charge on any atom is -0.373 e. The molecule has 0 spiro atoms. The van der Waals surface area contributed by atoms with Gasteiger partial charge in [-0.1, -0.05) is 27.7 Å². The molecule has 1 N–H and O–H groups in total. The number of aromatic nitrogens is 2. The molecule has 0 unspecified atom stereocenters. The summed E-state index contributed by atoms with van der Waals surface area (Å²) in [6.07, 6.45) is 2.11. The van der Waals surface area contributed by atoms with Crippen molar-refractivity contribution in [2.75, 3.05) is 12.4 Å². The van der Waals surface area contributed by atoms with Crippen LogP contribution in [0.3, 0.4) is 0 Å². The smallest absolute Gasteiger partial charge is 0.131 e. The Morgan fingerprint density at radius 3 is 2.38 bits per heavy atom. The summed E-state index contributed by atoms with van der Waals surface area (Å²) in [4.78, 5) is 9.09. The van der Waals surface area contributed by atoms with Gasteiger partial charge in [0, 0.05) is 25.2 Å². The van der Waals surface area contributed by atoms with Crippen LogP contribution in [0.25, 0.3) is 0 Å². The molecule has 0 saturated carbocycles. The van der Waals surface area contributed by atoms with Crippen LogP contribution in [0.4, 0.5) is 5.82 Å². The number of hydrogen-bond donors (Lipinski definition) is 1. The summed E-state index contributed by atoms with van der Waals surface area (Å²) in [6.45, 7) is 8.78. The molecule has 0 bridgehead atoms. The molecule has 3 nitrogen and oxygen atoms in total. The molecule has 0 saturated heterocycles. The summed E-state index contributed by atoms with van der Waals surface area (Å²) in [7, 11) is 1.90. The molecule has 0 amide bonds. The van der Waals surface area contributed by atoms with E-state index >= 15 is 0 Å². The Morgan fingerprint density at radius 1 is 1.19 bits per heavy atom. The van der Waals surface area contributed by atoms with E-state index in [1.165, 1.54) is 0 Å². The zero-order chi connectivity index (χ0) is 12.1. The van der Waals surface area contributed by atoms with Gasteiger partial charge in [-0.05, 0) is 18.3 Å². The predicted molar refractivity (Wildman–Crippen MR) is 68.8 cm³/mol. The van der Waals surface area contributed by atoms with E-state index in [1.807, 2.05) is 13.1 Å². The lowest BCUT2D eigenvalue weighted by Gasteiger charge is -2.10. The standard InChI is InChI=1S/C13H23N3/c1-9(2)6-7-12-15-11(10(3)4)8-13(14-5)16-12/h8-10H,6-7H2,1-5H3,(H,14,15,16). The fourth-order valence-corrected chi connectivity index (χ4v) is 1.47. The minimum atomic E-state index is 0.452. The van der Waals surface area contributed by atoms with Gasteiger partial charge in [0.05, 0.1) is 0 Å². The second-order valence-electron chi connectivity index (χ2n) is 4.93. The Bertz CT molecular complexity index is 332. The fourth-order valence-electron chi connectivity index (χ4n) is 1.47. The van der Waals surface area contributed by atoms with E-state index < -0.39 is 0 Å². The highest BCUT2D eigenvalue weighted by atomic mass is 15.0. The van der Waals surface area contributed by atoms with Gasteiger partial charge in [-0.3, -0.25) is 0 Å². The van der Waals surface area contributed by atoms with Crippen molar-refractivity contribution in [1.82, 2.24) is 9.97 Å². The summed E-state index contributed by atoms with van der Waals surface area (Å²) >= 11 is 0. The van der Waals surface area contributed by atoms with Gasteiger partial charge >= 0.3 is 0 Å². The van der Waals surface area contributed by atoms with E-state index in [0.29, 0.717) is 11.8 Å². The summed E-state index contributed by atoms with van der Waals surface area (Å²) in [5.74, 6) is 3.04. The van der Waals surface area contributed by atoms with Crippen molar-refractivity contribution in [2.45, 2.75) is 46.5 Å². The second-order valence-corrected chi connectivity index (χ2v) is 4.93. The van der Waals surface area contributed by atoms with Gasteiger partial charge in [0.1, 0.15) is 11.6 Å². The first-order valence-corrected chi connectivity index (χ1v) is 6.08. The highest BCUT2D eigenvalue weighted by molar-refractivity contribution is 5.36. The average molecular weight is 221 g/mol. The molecule has 0 fully saturated rings. The van der Waals surface area contributed by atoms with Gasteiger partial charge in [-0.2, -0.15) is 0 Å². The normalized spacial score (nSPS) is 11.2. The van der Waals surface area contributed by atoms with Crippen molar-refractivity contribution in [1.29, 1.82) is 0 Å². The molecule has 0 radical (unpaired) electrons. The molecule has 16 heavy (non-hydrogen) atoms. The first-order chi connectivity index (χ1) is 7.52. The third kappa shape index (κ3) is 3.80. The minimum absolute atomic E-state index is 0.452. The summed E-state index contributed by atoms with van der Waals surface area (Å²) in [6, 6.07) is 2.03. The SMILES string of the molecule is CNc1cc(C(C)C)nc(CCC(C)C)n1. The highest BCUT2D eigenvalue weighted by Crippen LogP contribution is 2.16. The number of nitrogens with one attached hydrogen (secondary N) is 1. The highest BCUT2D eigenvalue weighted by Gasteiger charge is 2.07. The van der Waals surface area contributed by atoms with Gasteiger partial charge in [-0.15, -0.1) is 0 Å². The molecule has 0 aromatic carbocycles. The molecule has 0 aliphatic carbocycles. The molecule has 1 rings (SSSR count). The third-order valence-corrected chi connectivity index (χ3v) is 2.59. The van der Waals surface area contributed by atoms with Crippen LogP contribution in [0.1, 0.15) is 51.6 Å².